The quantitative estimate of drug-likeness (QED) is 0.210. The van der Waals surface area contributed by atoms with Gasteiger partial charge in [0, 0.05) is 47.1 Å². The summed E-state index contributed by atoms with van der Waals surface area (Å²) in [6, 6.07) is 34.4. The Morgan fingerprint density at radius 1 is 0.571 bits per heavy atom. The first-order valence-corrected chi connectivity index (χ1v) is 12.6. The van der Waals surface area contributed by atoms with Crippen molar-refractivity contribution >= 4 is 91.8 Å². The summed E-state index contributed by atoms with van der Waals surface area (Å²) in [4.78, 5) is 5.11. The first-order chi connectivity index (χ1) is 17.4. The van der Waals surface area contributed by atoms with Crippen molar-refractivity contribution in [1.82, 2.24) is 9.38 Å². The number of rotatable bonds is 0. The Kier molecular flexibility index (Phi) is 3.17. The molecule has 0 bridgehead atoms. The summed E-state index contributed by atoms with van der Waals surface area (Å²) < 4.78 is 11.5. The standard InChI is InChI=1S/C31H16N2OS/c1-5-11-24-17(7-1)18-13-14-20-28(30(18)34-24)29-23(33-22-10-4-3-9-21(22)32-31(20)33)15-16-26-27(29)19-8-2-6-12-25(19)35-26/h1-16H. The fraction of sp³-hybridized carbons (Fsp3) is 0. The van der Waals surface area contributed by atoms with Crippen molar-refractivity contribution in [1.29, 1.82) is 0 Å². The van der Waals surface area contributed by atoms with Crippen LogP contribution in [0.5, 0.6) is 0 Å². The molecule has 0 saturated carbocycles. The van der Waals surface area contributed by atoms with Gasteiger partial charge in [0.1, 0.15) is 16.8 Å². The van der Waals surface area contributed by atoms with Gasteiger partial charge in [0.25, 0.3) is 0 Å². The Hall–Kier alpha value is -4.41. The first-order valence-electron chi connectivity index (χ1n) is 11.7. The van der Waals surface area contributed by atoms with Crippen LogP contribution in [-0.4, -0.2) is 9.38 Å². The van der Waals surface area contributed by atoms with E-state index in [0.29, 0.717) is 0 Å². The number of thiophene rings is 1. The van der Waals surface area contributed by atoms with Crippen molar-refractivity contribution in [3.63, 3.8) is 0 Å². The van der Waals surface area contributed by atoms with E-state index in [1.807, 2.05) is 17.4 Å². The Morgan fingerprint density at radius 3 is 2.34 bits per heavy atom. The van der Waals surface area contributed by atoms with Crippen LogP contribution in [0.15, 0.2) is 101 Å². The second kappa shape index (κ2) is 6.17. The lowest BCUT2D eigenvalue weighted by Gasteiger charge is -2.11. The number of hydrogen-bond donors (Lipinski definition) is 0. The maximum Gasteiger partial charge on any atom is 0.146 e. The van der Waals surface area contributed by atoms with Gasteiger partial charge in [0.2, 0.25) is 0 Å². The van der Waals surface area contributed by atoms with Crippen LogP contribution in [0, 0.1) is 0 Å². The van der Waals surface area contributed by atoms with Crippen LogP contribution in [0.2, 0.25) is 0 Å². The zero-order valence-electron chi connectivity index (χ0n) is 18.4. The van der Waals surface area contributed by atoms with E-state index in [1.165, 1.54) is 25.6 Å². The number of para-hydroxylation sites is 3. The normalized spacial score (nSPS) is 12.6. The molecule has 0 fully saturated rings. The van der Waals surface area contributed by atoms with E-state index in [-0.39, 0.29) is 0 Å². The molecule has 0 aliphatic heterocycles. The molecular formula is C31H16N2OS. The molecule has 35 heavy (non-hydrogen) atoms. The molecule has 0 spiro atoms. The molecule has 9 aromatic rings. The minimum Gasteiger partial charge on any atom is -0.455 e. The van der Waals surface area contributed by atoms with Crippen LogP contribution < -0.4 is 0 Å². The van der Waals surface area contributed by atoms with Crippen molar-refractivity contribution in [2.75, 3.05) is 0 Å². The van der Waals surface area contributed by atoms with Gasteiger partial charge < -0.3 is 4.42 Å². The van der Waals surface area contributed by atoms with Gasteiger partial charge in [0.15, 0.2) is 0 Å². The lowest BCUT2D eigenvalue weighted by Crippen LogP contribution is -1.92. The van der Waals surface area contributed by atoms with Gasteiger partial charge in [-0.2, -0.15) is 0 Å². The van der Waals surface area contributed by atoms with Crippen LogP contribution in [0.4, 0.5) is 0 Å². The molecule has 4 heteroatoms. The van der Waals surface area contributed by atoms with Crippen molar-refractivity contribution in [2.45, 2.75) is 0 Å². The average molecular weight is 465 g/mol. The molecule has 0 unspecified atom stereocenters. The summed E-state index contributed by atoms with van der Waals surface area (Å²) in [5.41, 5.74) is 6.10. The van der Waals surface area contributed by atoms with Crippen LogP contribution in [0.3, 0.4) is 0 Å². The third-order valence-electron chi connectivity index (χ3n) is 7.36. The Labute approximate surface area is 202 Å². The molecular weight excluding hydrogens is 448 g/mol. The predicted octanol–water partition coefficient (Wildman–Crippen LogP) is 9.06. The van der Waals surface area contributed by atoms with Crippen LogP contribution >= 0.6 is 11.3 Å². The number of nitrogens with zero attached hydrogens (tertiary/aromatic N) is 2. The smallest absolute Gasteiger partial charge is 0.146 e. The third-order valence-corrected chi connectivity index (χ3v) is 8.50. The molecule has 0 radical (unpaired) electrons. The minimum atomic E-state index is 0.916. The first kappa shape index (κ1) is 18.0. The fourth-order valence-electron chi connectivity index (χ4n) is 5.92. The lowest BCUT2D eigenvalue weighted by atomic mass is 9.98. The van der Waals surface area contributed by atoms with Gasteiger partial charge in [-0.15, -0.1) is 11.3 Å². The predicted molar refractivity (Wildman–Crippen MR) is 148 cm³/mol. The Morgan fingerprint density at radius 2 is 1.37 bits per heavy atom. The summed E-state index contributed by atoms with van der Waals surface area (Å²) in [5, 5.41) is 8.36. The zero-order valence-corrected chi connectivity index (χ0v) is 19.3. The van der Waals surface area contributed by atoms with Gasteiger partial charge in [-0.25, -0.2) is 4.98 Å². The maximum absolute atomic E-state index is 6.60. The molecule has 0 atom stereocenters. The molecule has 162 valence electrons. The van der Waals surface area contributed by atoms with E-state index in [4.69, 9.17) is 9.40 Å². The highest BCUT2D eigenvalue weighted by molar-refractivity contribution is 7.26. The minimum absolute atomic E-state index is 0.916. The SMILES string of the molecule is c1ccc2c(c1)nc1c3ccc4c5ccccc5oc4c3c3c4c(ccc3n21)sc1ccccc14. The number of fused-ring (bicyclic) bond motifs is 16. The van der Waals surface area contributed by atoms with E-state index in [2.05, 4.69) is 95.4 Å². The lowest BCUT2D eigenvalue weighted by molar-refractivity contribution is 0.673. The molecule has 0 aliphatic rings. The van der Waals surface area contributed by atoms with Crippen molar-refractivity contribution in [3.8, 4) is 0 Å². The molecule has 4 aromatic heterocycles. The number of hydrogen-bond acceptors (Lipinski definition) is 3. The number of aromatic nitrogens is 2. The Bertz CT molecular complexity index is 2330. The molecule has 3 nitrogen and oxygen atoms in total. The highest BCUT2D eigenvalue weighted by Gasteiger charge is 2.21. The van der Waals surface area contributed by atoms with E-state index in [9.17, 15) is 0 Å². The fourth-order valence-corrected chi connectivity index (χ4v) is 7.03. The summed E-state index contributed by atoms with van der Waals surface area (Å²) in [5.74, 6) is 0. The maximum atomic E-state index is 6.60. The van der Waals surface area contributed by atoms with Crippen LogP contribution in [-0.2, 0) is 0 Å². The molecule has 0 N–H and O–H groups in total. The van der Waals surface area contributed by atoms with Gasteiger partial charge in [-0.1, -0.05) is 48.5 Å². The molecule has 9 rings (SSSR count). The summed E-state index contributed by atoms with van der Waals surface area (Å²) in [6.07, 6.45) is 0. The Balaban J connectivity index is 1.71. The van der Waals surface area contributed by atoms with Gasteiger partial charge in [-0.05, 0) is 48.5 Å². The van der Waals surface area contributed by atoms with Crippen molar-refractivity contribution in [3.05, 3.63) is 97.1 Å². The molecule has 5 aromatic carbocycles. The third kappa shape index (κ3) is 2.14. The van der Waals surface area contributed by atoms with E-state index < -0.39 is 0 Å². The zero-order chi connectivity index (χ0) is 22.7. The largest absolute Gasteiger partial charge is 0.455 e. The summed E-state index contributed by atoms with van der Waals surface area (Å²) in [6.45, 7) is 0. The number of pyridine rings is 1. The summed E-state index contributed by atoms with van der Waals surface area (Å²) in [7, 11) is 0. The number of furan rings is 1. The van der Waals surface area contributed by atoms with Gasteiger partial charge in [0.05, 0.1) is 16.6 Å². The van der Waals surface area contributed by atoms with Crippen LogP contribution in [0.1, 0.15) is 0 Å². The second-order valence-corrected chi connectivity index (χ2v) is 10.2. The highest BCUT2D eigenvalue weighted by Crippen LogP contribution is 2.45. The number of benzene rings is 5. The topological polar surface area (TPSA) is 30.4 Å². The van der Waals surface area contributed by atoms with Crippen molar-refractivity contribution < 1.29 is 4.42 Å². The van der Waals surface area contributed by atoms with Crippen LogP contribution in [0.25, 0.3) is 80.5 Å². The average Bonchev–Trinajstić information content (AvgIpc) is 3.59. The van der Waals surface area contributed by atoms with Gasteiger partial charge >= 0.3 is 0 Å². The van der Waals surface area contributed by atoms with E-state index >= 15 is 0 Å². The molecule has 0 aliphatic carbocycles. The summed E-state index contributed by atoms with van der Waals surface area (Å²) >= 11 is 1.85. The molecule has 0 saturated heterocycles. The number of imidazole rings is 1. The highest BCUT2D eigenvalue weighted by atomic mass is 32.1. The molecule has 4 heterocycles. The van der Waals surface area contributed by atoms with E-state index in [1.54, 1.807) is 0 Å². The second-order valence-electron chi connectivity index (χ2n) is 9.15. The molecule has 0 amide bonds. The van der Waals surface area contributed by atoms with Crippen molar-refractivity contribution in [2.24, 2.45) is 0 Å². The monoisotopic (exact) mass is 464 g/mol. The van der Waals surface area contributed by atoms with Gasteiger partial charge in [-0.3, -0.25) is 4.40 Å². The van der Waals surface area contributed by atoms with E-state index in [0.717, 1.165) is 54.9 Å².